The molecule has 0 spiro atoms. The van der Waals surface area contributed by atoms with Crippen LogP contribution >= 0.6 is 31.9 Å². The van der Waals surface area contributed by atoms with Crippen LogP contribution in [0.15, 0.2) is 69.6 Å². The van der Waals surface area contributed by atoms with Crippen LogP contribution in [0.25, 0.3) is 10.8 Å². The van der Waals surface area contributed by atoms with Crippen LogP contribution in [0.2, 0.25) is 0 Å². The van der Waals surface area contributed by atoms with Crippen molar-refractivity contribution in [1.82, 2.24) is 0 Å². The molecular weight excluding hydrogens is 394 g/mol. The average Bonchev–Trinajstić information content (AvgIpc) is 2.47. The lowest BCUT2D eigenvalue weighted by Crippen LogP contribution is -2.11. The van der Waals surface area contributed by atoms with E-state index in [0.717, 1.165) is 25.4 Å². The summed E-state index contributed by atoms with van der Waals surface area (Å²) in [7, 11) is 0. The quantitative estimate of drug-likeness (QED) is 0.590. The Hall–Kier alpha value is -1.65. The van der Waals surface area contributed by atoms with Crippen LogP contribution in [0.1, 0.15) is 10.4 Å². The Labute approximate surface area is 139 Å². The first kappa shape index (κ1) is 14.3. The third-order valence-corrected chi connectivity index (χ3v) is 4.13. The maximum atomic E-state index is 12.2. The largest absolute Gasteiger partial charge is 0.322 e. The molecule has 0 heterocycles. The van der Waals surface area contributed by atoms with Gasteiger partial charge in [0.1, 0.15) is 0 Å². The maximum absolute atomic E-state index is 12.2. The van der Waals surface area contributed by atoms with Crippen molar-refractivity contribution >= 4 is 54.2 Å². The Kier molecular flexibility index (Phi) is 4.08. The number of amides is 1. The zero-order valence-corrected chi connectivity index (χ0v) is 14.1. The van der Waals surface area contributed by atoms with Gasteiger partial charge in [0.2, 0.25) is 0 Å². The fraction of sp³-hybridized carbons (Fsp3) is 0. The molecule has 4 heteroatoms. The van der Waals surface area contributed by atoms with Crippen molar-refractivity contribution in [3.63, 3.8) is 0 Å². The normalized spacial score (nSPS) is 10.6. The van der Waals surface area contributed by atoms with E-state index in [-0.39, 0.29) is 5.91 Å². The third-order valence-electron chi connectivity index (χ3n) is 3.15. The topological polar surface area (TPSA) is 29.1 Å². The lowest BCUT2D eigenvalue weighted by atomic mass is 10.1. The van der Waals surface area contributed by atoms with Crippen molar-refractivity contribution < 1.29 is 4.79 Å². The first-order chi connectivity index (χ1) is 10.1. The molecule has 0 aliphatic rings. The summed E-state index contributed by atoms with van der Waals surface area (Å²) >= 11 is 6.83. The van der Waals surface area contributed by atoms with Crippen LogP contribution < -0.4 is 5.32 Å². The predicted octanol–water partition coefficient (Wildman–Crippen LogP) is 5.62. The highest BCUT2D eigenvalue weighted by molar-refractivity contribution is 9.10. The number of carbonyl (C=O) groups is 1. The molecule has 1 N–H and O–H groups in total. The molecule has 0 aliphatic carbocycles. The van der Waals surface area contributed by atoms with Gasteiger partial charge in [0.05, 0.1) is 0 Å². The standard InChI is InChI=1S/C17H11Br2NO/c18-14-3-1-2-13(9-14)17(21)20-16-7-5-11-8-15(19)6-4-12(11)10-16/h1-10H,(H,20,21). The van der Waals surface area contributed by atoms with Gasteiger partial charge in [-0.2, -0.15) is 0 Å². The summed E-state index contributed by atoms with van der Waals surface area (Å²) in [6.45, 7) is 0. The number of rotatable bonds is 2. The molecule has 0 saturated carbocycles. The van der Waals surface area contributed by atoms with Gasteiger partial charge in [-0.05, 0) is 53.2 Å². The van der Waals surface area contributed by atoms with E-state index >= 15 is 0 Å². The maximum Gasteiger partial charge on any atom is 0.255 e. The number of benzene rings is 3. The molecule has 2 nitrogen and oxygen atoms in total. The fourth-order valence-electron chi connectivity index (χ4n) is 2.13. The second-order valence-corrected chi connectivity index (χ2v) is 6.50. The highest BCUT2D eigenvalue weighted by Gasteiger charge is 2.06. The highest BCUT2D eigenvalue weighted by atomic mass is 79.9. The summed E-state index contributed by atoms with van der Waals surface area (Å²) in [6.07, 6.45) is 0. The molecule has 3 aromatic rings. The van der Waals surface area contributed by atoms with Gasteiger partial charge >= 0.3 is 0 Å². The molecule has 21 heavy (non-hydrogen) atoms. The van der Waals surface area contributed by atoms with Gasteiger partial charge < -0.3 is 5.32 Å². The van der Waals surface area contributed by atoms with Crippen molar-refractivity contribution in [3.05, 3.63) is 75.2 Å². The Morgan fingerprint density at radius 1 is 0.810 bits per heavy atom. The monoisotopic (exact) mass is 403 g/mol. The van der Waals surface area contributed by atoms with Crippen LogP contribution in [0, 0.1) is 0 Å². The van der Waals surface area contributed by atoms with Gasteiger partial charge in [0.25, 0.3) is 5.91 Å². The minimum absolute atomic E-state index is 0.118. The SMILES string of the molecule is O=C(Nc1ccc2cc(Br)ccc2c1)c1cccc(Br)c1. The van der Waals surface area contributed by atoms with Crippen LogP contribution in [0.4, 0.5) is 5.69 Å². The highest BCUT2D eigenvalue weighted by Crippen LogP contribution is 2.23. The molecule has 0 radical (unpaired) electrons. The van der Waals surface area contributed by atoms with Gasteiger partial charge in [0.15, 0.2) is 0 Å². The molecule has 3 aromatic carbocycles. The first-order valence-corrected chi connectivity index (χ1v) is 7.97. The Morgan fingerprint density at radius 3 is 2.33 bits per heavy atom. The van der Waals surface area contributed by atoms with E-state index in [2.05, 4.69) is 43.2 Å². The van der Waals surface area contributed by atoms with E-state index in [1.165, 1.54) is 0 Å². The zero-order chi connectivity index (χ0) is 14.8. The fourth-order valence-corrected chi connectivity index (χ4v) is 2.91. The van der Waals surface area contributed by atoms with E-state index in [0.29, 0.717) is 5.56 Å². The van der Waals surface area contributed by atoms with Crippen LogP contribution in [-0.2, 0) is 0 Å². The van der Waals surface area contributed by atoms with Crippen molar-refractivity contribution in [1.29, 1.82) is 0 Å². The number of hydrogen-bond acceptors (Lipinski definition) is 1. The van der Waals surface area contributed by atoms with Crippen LogP contribution in [0.3, 0.4) is 0 Å². The molecule has 0 fully saturated rings. The smallest absolute Gasteiger partial charge is 0.255 e. The summed E-state index contributed by atoms with van der Waals surface area (Å²) in [5, 5.41) is 5.14. The second-order valence-electron chi connectivity index (χ2n) is 4.67. The molecule has 0 unspecified atom stereocenters. The van der Waals surface area contributed by atoms with Crippen molar-refractivity contribution in [3.8, 4) is 0 Å². The van der Waals surface area contributed by atoms with Crippen molar-refractivity contribution in [2.24, 2.45) is 0 Å². The Morgan fingerprint density at radius 2 is 1.52 bits per heavy atom. The van der Waals surface area contributed by atoms with Gasteiger partial charge in [-0.3, -0.25) is 4.79 Å². The lowest BCUT2D eigenvalue weighted by molar-refractivity contribution is 0.102. The molecule has 1 amide bonds. The van der Waals surface area contributed by atoms with E-state index in [4.69, 9.17) is 0 Å². The average molecular weight is 405 g/mol. The predicted molar refractivity (Wildman–Crippen MR) is 93.7 cm³/mol. The molecule has 0 atom stereocenters. The number of hydrogen-bond donors (Lipinski definition) is 1. The number of halogens is 2. The molecular formula is C17H11Br2NO. The van der Waals surface area contributed by atoms with Gasteiger partial charge in [-0.25, -0.2) is 0 Å². The molecule has 3 rings (SSSR count). The Balaban J connectivity index is 1.87. The number of nitrogens with one attached hydrogen (secondary N) is 1. The van der Waals surface area contributed by atoms with E-state index in [1.54, 1.807) is 12.1 Å². The number of fused-ring (bicyclic) bond motifs is 1. The molecule has 0 aliphatic heterocycles. The number of anilines is 1. The summed E-state index contributed by atoms with van der Waals surface area (Å²) in [5.41, 5.74) is 1.41. The van der Waals surface area contributed by atoms with Crippen molar-refractivity contribution in [2.45, 2.75) is 0 Å². The number of carbonyl (C=O) groups excluding carboxylic acids is 1. The summed E-state index contributed by atoms with van der Waals surface area (Å²) < 4.78 is 1.93. The molecule has 0 saturated heterocycles. The summed E-state index contributed by atoms with van der Waals surface area (Å²) in [5.74, 6) is -0.118. The minimum atomic E-state index is -0.118. The summed E-state index contributed by atoms with van der Waals surface area (Å²) in [6, 6.07) is 19.3. The molecule has 0 bridgehead atoms. The van der Waals surface area contributed by atoms with E-state index in [9.17, 15) is 4.79 Å². The lowest BCUT2D eigenvalue weighted by Gasteiger charge is -2.07. The zero-order valence-electron chi connectivity index (χ0n) is 10.9. The third kappa shape index (κ3) is 3.34. The van der Waals surface area contributed by atoms with Gasteiger partial charge in [0, 0.05) is 20.2 Å². The first-order valence-electron chi connectivity index (χ1n) is 6.38. The Bertz CT molecular complexity index is 830. The van der Waals surface area contributed by atoms with Crippen LogP contribution in [0.5, 0.6) is 0 Å². The summed E-state index contributed by atoms with van der Waals surface area (Å²) in [4.78, 5) is 12.2. The van der Waals surface area contributed by atoms with Gasteiger partial charge in [-0.1, -0.05) is 50.1 Å². The van der Waals surface area contributed by atoms with Crippen molar-refractivity contribution in [2.75, 3.05) is 5.32 Å². The molecule has 0 aromatic heterocycles. The molecule has 104 valence electrons. The second kappa shape index (κ2) is 6.00. The van der Waals surface area contributed by atoms with Crippen LogP contribution in [-0.4, -0.2) is 5.91 Å². The van der Waals surface area contributed by atoms with E-state index < -0.39 is 0 Å². The minimum Gasteiger partial charge on any atom is -0.322 e. The van der Waals surface area contributed by atoms with Gasteiger partial charge in [-0.15, -0.1) is 0 Å². The van der Waals surface area contributed by atoms with E-state index in [1.807, 2.05) is 42.5 Å².